The number of nitrogens with zero attached hydrogens (tertiary/aromatic N) is 3. The van der Waals surface area contributed by atoms with Crippen LogP contribution in [-0.4, -0.2) is 14.5 Å². The Hall–Kier alpha value is -6.06. The van der Waals surface area contributed by atoms with Crippen LogP contribution >= 0.6 is 0 Å². The number of para-hydroxylation sites is 2. The first-order chi connectivity index (χ1) is 23.8. The Labute approximate surface area is 278 Å². The molecule has 226 valence electrons. The van der Waals surface area contributed by atoms with E-state index in [2.05, 4.69) is 144 Å². The molecule has 9 aromatic rings. The average Bonchev–Trinajstić information content (AvgIpc) is 3.39. The van der Waals surface area contributed by atoms with Crippen LogP contribution in [0.4, 0.5) is 0 Å². The first-order valence-corrected chi connectivity index (χ1v) is 16.8. The Bertz CT molecular complexity index is 2690. The molecule has 0 spiro atoms. The molecule has 0 saturated heterocycles. The second kappa shape index (κ2) is 10.8. The normalized spacial score (nSPS) is 14.3. The van der Waals surface area contributed by atoms with Crippen LogP contribution in [0, 0.1) is 0 Å². The van der Waals surface area contributed by atoms with Crippen molar-refractivity contribution in [3.63, 3.8) is 0 Å². The zero-order chi connectivity index (χ0) is 31.6. The van der Waals surface area contributed by atoms with Gasteiger partial charge >= 0.3 is 0 Å². The van der Waals surface area contributed by atoms with Crippen molar-refractivity contribution >= 4 is 43.6 Å². The Balaban J connectivity index is 1.27. The maximum atomic E-state index is 5.35. The lowest BCUT2D eigenvalue weighted by Gasteiger charge is -2.19. The van der Waals surface area contributed by atoms with Gasteiger partial charge in [0.2, 0.25) is 0 Å². The summed E-state index contributed by atoms with van der Waals surface area (Å²) < 4.78 is 2.35. The summed E-state index contributed by atoms with van der Waals surface area (Å²) in [5.41, 5.74) is 12.9. The van der Waals surface area contributed by atoms with Crippen LogP contribution in [-0.2, 0) is 6.42 Å². The second-order valence-corrected chi connectivity index (χ2v) is 12.9. The molecule has 1 aliphatic rings. The quantitative estimate of drug-likeness (QED) is 0.198. The van der Waals surface area contributed by atoms with Gasteiger partial charge in [-0.25, -0.2) is 9.97 Å². The van der Waals surface area contributed by atoms with E-state index in [1.54, 1.807) is 0 Å². The largest absolute Gasteiger partial charge is 0.292 e. The van der Waals surface area contributed by atoms with Gasteiger partial charge in [0.05, 0.1) is 22.1 Å². The molecule has 0 saturated carbocycles. The summed E-state index contributed by atoms with van der Waals surface area (Å²) >= 11 is 0. The maximum Gasteiger partial charge on any atom is 0.165 e. The highest BCUT2D eigenvalue weighted by Gasteiger charge is 2.26. The highest BCUT2D eigenvalue weighted by Crippen LogP contribution is 2.44. The Morgan fingerprint density at radius 2 is 1.25 bits per heavy atom. The van der Waals surface area contributed by atoms with E-state index in [9.17, 15) is 0 Å². The van der Waals surface area contributed by atoms with E-state index < -0.39 is 0 Å². The van der Waals surface area contributed by atoms with Crippen molar-refractivity contribution in [1.29, 1.82) is 0 Å². The summed E-state index contributed by atoms with van der Waals surface area (Å²) in [6, 6.07) is 57.0. The molecular weight excluding hydrogens is 583 g/mol. The fourth-order valence-corrected chi connectivity index (χ4v) is 8.04. The molecule has 2 heterocycles. The molecule has 7 aromatic carbocycles. The summed E-state index contributed by atoms with van der Waals surface area (Å²) in [6.45, 7) is 0. The van der Waals surface area contributed by atoms with Crippen molar-refractivity contribution < 1.29 is 0 Å². The van der Waals surface area contributed by atoms with Crippen LogP contribution in [0.25, 0.3) is 71.8 Å². The van der Waals surface area contributed by atoms with Crippen molar-refractivity contribution in [2.75, 3.05) is 0 Å². The lowest BCUT2D eigenvalue weighted by Crippen LogP contribution is -2.04. The van der Waals surface area contributed by atoms with Gasteiger partial charge in [0, 0.05) is 22.3 Å². The first-order valence-electron chi connectivity index (χ1n) is 16.8. The fourth-order valence-electron chi connectivity index (χ4n) is 8.04. The van der Waals surface area contributed by atoms with Gasteiger partial charge in [-0.05, 0) is 81.8 Å². The number of hydrogen-bond donors (Lipinski definition) is 0. The van der Waals surface area contributed by atoms with Crippen LogP contribution in [0.2, 0.25) is 0 Å². The van der Waals surface area contributed by atoms with Crippen molar-refractivity contribution in [3.8, 4) is 28.2 Å². The van der Waals surface area contributed by atoms with Crippen LogP contribution in [0.15, 0.2) is 158 Å². The van der Waals surface area contributed by atoms with Crippen molar-refractivity contribution in [2.24, 2.45) is 0 Å². The predicted octanol–water partition coefficient (Wildman–Crippen LogP) is 11.3. The third-order valence-electron chi connectivity index (χ3n) is 10.2. The molecular formula is C45H31N3. The molecule has 10 rings (SSSR count). The lowest BCUT2D eigenvalue weighted by molar-refractivity contribution is 0.727. The molecule has 0 aliphatic heterocycles. The van der Waals surface area contributed by atoms with Gasteiger partial charge in [-0.15, -0.1) is 0 Å². The smallest absolute Gasteiger partial charge is 0.165 e. The molecule has 3 nitrogen and oxygen atoms in total. The fraction of sp³-hybridized carbons (Fsp3) is 0.0667. The van der Waals surface area contributed by atoms with Gasteiger partial charge in [-0.1, -0.05) is 127 Å². The standard InChI is InChI=1S/C45H31N3/c1-2-14-31(15-3-1)44-45(47-40-21-11-10-20-39(40)46-44)48-41-26-24-32(28-38(41)43-35-17-7-5-13-30(35)23-27-42(43)48)34-25-22-29-12-4-6-16-33(29)36-18-8-9-19-37(34)36/h1-21,23-24,26-28,34H,22,25H2. The van der Waals surface area contributed by atoms with E-state index >= 15 is 0 Å². The van der Waals surface area contributed by atoms with Crippen LogP contribution in [0.1, 0.15) is 29.0 Å². The molecule has 2 aromatic heterocycles. The summed E-state index contributed by atoms with van der Waals surface area (Å²) in [7, 11) is 0. The first kappa shape index (κ1) is 27.1. The minimum absolute atomic E-state index is 0.284. The van der Waals surface area contributed by atoms with Gasteiger partial charge in [0.25, 0.3) is 0 Å². The third-order valence-corrected chi connectivity index (χ3v) is 10.2. The highest BCUT2D eigenvalue weighted by molar-refractivity contribution is 6.21. The van der Waals surface area contributed by atoms with Gasteiger partial charge in [0.1, 0.15) is 5.69 Å². The summed E-state index contributed by atoms with van der Waals surface area (Å²) in [6.07, 6.45) is 2.11. The zero-order valence-corrected chi connectivity index (χ0v) is 26.3. The van der Waals surface area contributed by atoms with E-state index in [4.69, 9.17) is 9.97 Å². The SMILES string of the molecule is c1ccc(-c2nc3ccccc3nc2-n2c3ccc(C4CCc5ccccc5-c5ccccc54)cc3c3c4ccccc4ccc32)cc1. The Kier molecular flexibility index (Phi) is 6.07. The van der Waals surface area contributed by atoms with E-state index in [1.807, 2.05) is 18.2 Å². The van der Waals surface area contributed by atoms with Gasteiger partial charge < -0.3 is 0 Å². The number of fused-ring (bicyclic) bond motifs is 9. The highest BCUT2D eigenvalue weighted by atomic mass is 15.1. The van der Waals surface area contributed by atoms with E-state index in [0.29, 0.717) is 0 Å². The van der Waals surface area contributed by atoms with E-state index in [1.165, 1.54) is 49.4 Å². The predicted molar refractivity (Wildman–Crippen MR) is 199 cm³/mol. The number of aryl methyl sites for hydroxylation is 1. The number of benzene rings is 7. The van der Waals surface area contributed by atoms with E-state index in [-0.39, 0.29) is 5.92 Å². The topological polar surface area (TPSA) is 30.7 Å². The van der Waals surface area contributed by atoms with Crippen LogP contribution < -0.4 is 0 Å². The number of rotatable bonds is 3. The molecule has 48 heavy (non-hydrogen) atoms. The molecule has 0 radical (unpaired) electrons. The molecule has 0 amide bonds. The van der Waals surface area contributed by atoms with Crippen molar-refractivity contribution in [2.45, 2.75) is 18.8 Å². The van der Waals surface area contributed by atoms with Crippen LogP contribution in [0.5, 0.6) is 0 Å². The van der Waals surface area contributed by atoms with Gasteiger partial charge in [-0.3, -0.25) is 4.57 Å². The molecule has 0 N–H and O–H groups in total. The van der Waals surface area contributed by atoms with Gasteiger partial charge in [-0.2, -0.15) is 0 Å². The number of hydrogen-bond acceptors (Lipinski definition) is 2. The monoisotopic (exact) mass is 613 g/mol. The minimum Gasteiger partial charge on any atom is -0.292 e. The van der Waals surface area contributed by atoms with Crippen molar-refractivity contribution in [3.05, 3.63) is 174 Å². The molecule has 0 fully saturated rings. The Morgan fingerprint density at radius 3 is 2.15 bits per heavy atom. The molecule has 1 atom stereocenters. The van der Waals surface area contributed by atoms with Crippen LogP contribution in [0.3, 0.4) is 0 Å². The summed E-state index contributed by atoms with van der Waals surface area (Å²) in [5, 5.41) is 4.98. The maximum absolute atomic E-state index is 5.35. The molecule has 3 heteroatoms. The summed E-state index contributed by atoms with van der Waals surface area (Å²) in [4.78, 5) is 10.6. The lowest BCUT2D eigenvalue weighted by atomic mass is 9.85. The summed E-state index contributed by atoms with van der Waals surface area (Å²) in [5.74, 6) is 1.13. The molecule has 1 unspecified atom stereocenters. The third kappa shape index (κ3) is 4.14. The average molecular weight is 614 g/mol. The van der Waals surface area contributed by atoms with Gasteiger partial charge in [0.15, 0.2) is 5.82 Å². The molecule has 0 bridgehead atoms. The Morgan fingerprint density at radius 1 is 0.542 bits per heavy atom. The zero-order valence-electron chi connectivity index (χ0n) is 26.3. The minimum atomic E-state index is 0.284. The van der Waals surface area contributed by atoms with E-state index in [0.717, 1.165) is 52.0 Å². The molecule has 1 aliphatic carbocycles. The van der Waals surface area contributed by atoms with Crippen molar-refractivity contribution in [1.82, 2.24) is 14.5 Å². The number of aromatic nitrogens is 3. The second-order valence-electron chi connectivity index (χ2n) is 12.9.